The summed E-state index contributed by atoms with van der Waals surface area (Å²) in [6, 6.07) is 0. The van der Waals surface area contributed by atoms with E-state index in [0.29, 0.717) is 6.10 Å². The third kappa shape index (κ3) is 8.31. The Morgan fingerprint density at radius 1 is 1.21 bits per heavy atom. The summed E-state index contributed by atoms with van der Waals surface area (Å²) < 4.78 is 16.9. The Labute approximate surface area is 146 Å². The second-order valence-corrected chi connectivity index (χ2v) is 6.71. The van der Waals surface area contributed by atoms with E-state index in [-0.39, 0.29) is 0 Å². The van der Waals surface area contributed by atoms with Crippen molar-refractivity contribution >= 4 is 5.96 Å². The van der Waals surface area contributed by atoms with E-state index in [4.69, 9.17) is 19.2 Å². The summed E-state index contributed by atoms with van der Waals surface area (Å²) in [6.45, 7) is 8.78. The largest absolute Gasteiger partial charge is 0.381 e. The molecule has 6 nitrogen and oxygen atoms in total. The molecule has 1 saturated heterocycles. The highest BCUT2D eigenvalue weighted by atomic mass is 16.5. The molecule has 1 aliphatic heterocycles. The first-order valence-electron chi connectivity index (χ1n) is 9.56. The molecule has 0 unspecified atom stereocenters. The van der Waals surface area contributed by atoms with Gasteiger partial charge in [0.15, 0.2) is 5.96 Å². The minimum atomic E-state index is 0.377. The molecule has 140 valence electrons. The van der Waals surface area contributed by atoms with Crippen LogP contribution < -0.4 is 5.32 Å². The minimum absolute atomic E-state index is 0.377. The van der Waals surface area contributed by atoms with Gasteiger partial charge >= 0.3 is 0 Å². The number of aliphatic imine (C=N–C) groups is 1. The molecule has 0 radical (unpaired) electrons. The lowest BCUT2D eigenvalue weighted by Crippen LogP contribution is -2.40. The summed E-state index contributed by atoms with van der Waals surface area (Å²) in [7, 11) is 2.07. The number of hydrogen-bond donors (Lipinski definition) is 1. The Kier molecular flexibility index (Phi) is 9.46. The molecule has 1 N–H and O–H groups in total. The lowest BCUT2D eigenvalue weighted by Gasteiger charge is -2.23. The van der Waals surface area contributed by atoms with Crippen molar-refractivity contribution in [3.63, 3.8) is 0 Å². The molecule has 0 bridgehead atoms. The van der Waals surface area contributed by atoms with Crippen molar-refractivity contribution in [3.05, 3.63) is 0 Å². The van der Waals surface area contributed by atoms with Gasteiger partial charge in [-0.15, -0.1) is 0 Å². The van der Waals surface area contributed by atoms with E-state index < -0.39 is 0 Å². The van der Waals surface area contributed by atoms with Gasteiger partial charge in [0.2, 0.25) is 0 Å². The molecule has 2 fully saturated rings. The van der Waals surface area contributed by atoms with Crippen LogP contribution in [0, 0.1) is 5.92 Å². The number of nitrogens with zero attached hydrogens (tertiary/aromatic N) is 2. The average molecular weight is 341 g/mol. The standard InChI is InChI=1S/C18H35N3O3/c1-3-19-18(21(2)10-14-23-15-16-5-6-16)20-9-4-11-24-17-7-12-22-13-8-17/h16-17H,3-15H2,1-2H3,(H,19,20). The zero-order valence-electron chi connectivity index (χ0n) is 15.5. The van der Waals surface area contributed by atoms with Crippen LogP contribution in [0.3, 0.4) is 0 Å². The number of rotatable bonds is 11. The van der Waals surface area contributed by atoms with Crippen molar-refractivity contribution in [2.75, 3.05) is 59.7 Å². The molecule has 0 spiro atoms. The number of nitrogens with one attached hydrogen (secondary N) is 1. The molecule has 1 aliphatic carbocycles. The molecule has 1 heterocycles. The summed E-state index contributed by atoms with van der Waals surface area (Å²) in [5, 5.41) is 3.35. The van der Waals surface area contributed by atoms with Gasteiger partial charge < -0.3 is 24.4 Å². The van der Waals surface area contributed by atoms with E-state index in [1.165, 1.54) is 12.8 Å². The zero-order chi connectivity index (χ0) is 17.0. The topological polar surface area (TPSA) is 55.3 Å². The van der Waals surface area contributed by atoms with E-state index >= 15 is 0 Å². The van der Waals surface area contributed by atoms with E-state index in [2.05, 4.69) is 24.2 Å². The quantitative estimate of drug-likeness (QED) is 0.353. The van der Waals surface area contributed by atoms with Crippen molar-refractivity contribution < 1.29 is 14.2 Å². The Bertz CT molecular complexity index is 355. The van der Waals surface area contributed by atoms with Gasteiger partial charge in [0, 0.05) is 53.1 Å². The van der Waals surface area contributed by atoms with Crippen LogP contribution >= 0.6 is 0 Å². The van der Waals surface area contributed by atoms with Crippen molar-refractivity contribution in [2.24, 2.45) is 10.9 Å². The molecule has 0 aromatic heterocycles. The summed E-state index contributed by atoms with van der Waals surface area (Å²) >= 11 is 0. The molecule has 2 rings (SSSR count). The van der Waals surface area contributed by atoms with E-state index in [1.807, 2.05) is 0 Å². The third-order valence-electron chi connectivity index (χ3n) is 4.40. The average Bonchev–Trinajstić information content (AvgIpc) is 3.42. The number of guanidine groups is 1. The maximum Gasteiger partial charge on any atom is 0.193 e. The summed E-state index contributed by atoms with van der Waals surface area (Å²) in [5.41, 5.74) is 0. The fourth-order valence-corrected chi connectivity index (χ4v) is 2.65. The summed E-state index contributed by atoms with van der Waals surface area (Å²) in [5.74, 6) is 1.78. The highest BCUT2D eigenvalue weighted by molar-refractivity contribution is 5.79. The summed E-state index contributed by atoms with van der Waals surface area (Å²) in [4.78, 5) is 6.84. The number of hydrogen-bond acceptors (Lipinski definition) is 4. The van der Waals surface area contributed by atoms with Gasteiger partial charge in [0.1, 0.15) is 0 Å². The predicted molar refractivity (Wildman–Crippen MR) is 96.6 cm³/mol. The molecule has 0 aromatic carbocycles. The summed E-state index contributed by atoms with van der Waals surface area (Å²) in [6.07, 6.45) is 6.07. The van der Waals surface area contributed by atoms with Crippen LogP contribution in [0.5, 0.6) is 0 Å². The molecule has 0 amide bonds. The Morgan fingerprint density at radius 3 is 2.71 bits per heavy atom. The van der Waals surface area contributed by atoms with Gasteiger partial charge in [-0.25, -0.2) is 0 Å². The van der Waals surface area contributed by atoms with Crippen molar-refractivity contribution in [1.29, 1.82) is 0 Å². The normalized spacial score (nSPS) is 19.5. The predicted octanol–water partition coefficient (Wildman–Crippen LogP) is 1.90. The number of ether oxygens (including phenoxy) is 3. The Hall–Kier alpha value is -0.850. The van der Waals surface area contributed by atoms with E-state index in [0.717, 1.165) is 83.8 Å². The van der Waals surface area contributed by atoms with Crippen LogP contribution in [-0.2, 0) is 14.2 Å². The smallest absolute Gasteiger partial charge is 0.193 e. The van der Waals surface area contributed by atoms with Gasteiger partial charge in [-0.1, -0.05) is 0 Å². The minimum Gasteiger partial charge on any atom is -0.381 e. The highest BCUT2D eigenvalue weighted by Crippen LogP contribution is 2.28. The van der Waals surface area contributed by atoms with Gasteiger partial charge in [-0.3, -0.25) is 4.99 Å². The Balaban J connectivity index is 1.57. The lowest BCUT2D eigenvalue weighted by atomic mass is 10.1. The van der Waals surface area contributed by atoms with Crippen LogP contribution in [0.2, 0.25) is 0 Å². The molecule has 24 heavy (non-hydrogen) atoms. The molecule has 1 saturated carbocycles. The highest BCUT2D eigenvalue weighted by Gasteiger charge is 2.21. The van der Waals surface area contributed by atoms with Gasteiger partial charge in [0.05, 0.1) is 12.7 Å². The molecular weight excluding hydrogens is 306 g/mol. The van der Waals surface area contributed by atoms with Gasteiger partial charge in [-0.2, -0.15) is 0 Å². The maximum absolute atomic E-state index is 5.89. The van der Waals surface area contributed by atoms with Crippen LogP contribution in [-0.4, -0.2) is 76.7 Å². The first kappa shape index (κ1) is 19.5. The first-order valence-corrected chi connectivity index (χ1v) is 9.56. The van der Waals surface area contributed by atoms with Crippen LogP contribution in [0.25, 0.3) is 0 Å². The third-order valence-corrected chi connectivity index (χ3v) is 4.40. The van der Waals surface area contributed by atoms with E-state index in [1.54, 1.807) is 0 Å². The second kappa shape index (κ2) is 11.7. The monoisotopic (exact) mass is 341 g/mol. The Morgan fingerprint density at radius 2 is 2.00 bits per heavy atom. The molecule has 2 aliphatic rings. The van der Waals surface area contributed by atoms with Crippen LogP contribution in [0.1, 0.15) is 39.0 Å². The molecule has 6 heteroatoms. The van der Waals surface area contributed by atoms with Gasteiger partial charge in [0.25, 0.3) is 0 Å². The van der Waals surface area contributed by atoms with Crippen molar-refractivity contribution in [1.82, 2.24) is 10.2 Å². The number of likely N-dealkylation sites (N-methyl/N-ethyl adjacent to an activating group) is 1. The maximum atomic E-state index is 5.89. The SMILES string of the molecule is CCNC(=NCCCOC1CCOCC1)N(C)CCOCC1CC1. The zero-order valence-corrected chi connectivity index (χ0v) is 15.5. The molecule has 0 atom stereocenters. The van der Waals surface area contributed by atoms with Crippen LogP contribution in [0.4, 0.5) is 0 Å². The first-order chi connectivity index (χ1) is 11.8. The van der Waals surface area contributed by atoms with Gasteiger partial charge in [-0.05, 0) is 44.9 Å². The molecular formula is C18H35N3O3. The molecule has 0 aromatic rings. The van der Waals surface area contributed by atoms with Crippen molar-refractivity contribution in [2.45, 2.75) is 45.1 Å². The second-order valence-electron chi connectivity index (χ2n) is 6.71. The fourth-order valence-electron chi connectivity index (χ4n) is 2.65. The fraction of sp³-hybridized carbons (Fsp3) is 0.944. The lowest BCUT2D eigenvalue weighted by molar-refractivity contribution is -0.0318. The van der Waals surface area contributed by atoms with Crippen molar-refractivity contribution in [3.8, 4) is 0 Å². The van der Waals surface area contributed by atoms with Crippen LogP contribution in [0.15, 0.2) is 4.99 Å². The van der Waals surface area contributed by atoms with E-state index in [9.17, 15) is 0 Å².